The van der Waals surface area contributed by atoms with Crippen LogP contribution in [0.2, 0.25) is 5.02 Å². The van der Waals surface area contributed by atoms with Crippen LogP contribution in [0.25, 0.3) is 10.9 Å². The molecule has 0 aliphatic heterocycles. The van der Waals surface area contributed by atoms with Gasteiger partial charge in [-0.05, 0) is 73.6 Å². The monoisotopic (exact) mass is 401 g/mol. The minimum atomic E-state index is -0.330. The summed E-state index contributed by atoms with van der Waals surface area (Å²) in [5.74, 6) is -0.330. The van der Waals surface area contributed by atoms with Gasteiger partial charge in [0.05, 0.1) is 12.2 Å². The number of hydrogen-bond acceptors (Lipinski definition) is 3. The number of aromatic nitrogens is 1. The highest BCUT2D eigenvalue weighted by Gasteiger charge is 2.07. The van der Waals surface area contributed by atoms with Gasteiger partial charge in [0.15, 0.2) is 5.11 Å². The third-order valence-corrected chi connectivity index (χ3v) is 4.54. The van der Waals surface area contributed by atoms with Crippen molar-refractivity contribution in [2.75, 3.05) is 18.5 Å². The summed E-state index contributed by atoms with van der Waals surface area (Å²) < 4.78 is 4.97. The summed E-state index contributed by atoms with van der Waals surface area (Å²) in [6.07, 6.45) is 2.80. The first kappa shape index (κ1) is 19.2. The molecule has 0 unspecified atom stereocenters. The lowest BCUT2D eigenvalue weighted by Gasteiger charge is -2.11. The van der Waals surface area contributed by atoms with Gasteiger partial charge in [0.2, 0.25) is 0 Å². The van der Waals surface area contributed by atoms with Gasteiger partial charge in [-0.25, -0.2) is 4.79 Å². The van der Waals surface area contributed by atoms with Crippen molar-refractivity contribution < 1.29 is 9.53 Å². The van der Waals surface area contributed by atoms with Gasteiger partial charge < -0.3 is 20.4 Å². The number of anilines is 1. The molecule has 5 nitrogen and oxygen atoms in total. The van der Waals surface area contributed by atoms with E-state index in [1.54, 1.807) is 31.2 Å². The minimum absolute atomic E-state index is 0.330. The van der Waals surface area contributed by atoms with Crippen LogP contribution in [0.15, 0.2) is 48.7 Å². The molecular formula is C20H20ClN3O2S. The smallest absolute Gasteiger partial charge is 0.338 e. The number of carbonyl (C=O) groups is 1. The lowest BCUT2D eigenvalue weighted by molar-refractivity contribution is 0.0526. The van der Waals surface area contributed by atoms with Crippen LogP contribution in [-0.2, 0) is 11.2 Å². The molecule has 0 bridgehead atoms. The Kier molecular flexibility index (Phi) is 6.32. The summed E-state index contributed by atoms with van der Waals surface area (Å²) in [5, 5.41) is 8.66. The molecule has 0 saturated carbocycles. The first-order valence-electron chi connectivity index (χ1n) is 8.64. The van der Waals surface area contributed by atoms with Crippen LogP contribution in [0.3, 0.4) is 0 Å². The third-order valence-electron chi connectivity index (χ3n) is 4.06. The summed E-state index contributed by atoms with van der Waals surface area (Å²) in [6.45, 7) is 2.82. The average molecular weight is 402 g/mol. The van der Waals surface area contributed by atoms with Crippen LogP contribution in [0.1, 0.15) is 22.8 Å². The van der Waals surface area contributed by atoms with Gasteiger partial charge in [0, 0.05) is 34.4 Å². The molecule has 0 radical (unpaired) electrons. The lowest BCUT2D eigenvalue weighted by atomic mass is 10.1. The molecule has 140 valence electrons. The Labute approximate surface area is 168 Å². The van der Waals surface area contributed by atoms with E-state index in [9.17, 15) is 4.79 Å². The van der Waals surface area contributed by atoms with E-state index in [0.717, 1.165) is 28.0 Å². The van der Waals surface area contributed by atoms with Gasteiger partial charge >= 0.3 is 5.97 Å². The maximum Gasteiger partial charge on any atom is 0.338 e. The van der Waals surface area contributed by atoms with Crippen LogP contribution in [-0.4, -0.2) is 29.2 Å². The Morgan fingerprint density at radius 1 is 1.22 bits per heavy atom. The van der Waals surface area contributed by atoms with E-state index >= 15 is 0 Å². The van der Waals surface area contributed by atoms with Crippen LogP contribution in [0, 0.1) is 0 Å². The Balaban J connectivity index is 1.51. The first-order chi connectivity index (χ1) is 13.1. The maximum absolute atomic E-state index is 11.7. The predicted octanol–water partition coefficient (Wildman–Crippen LogP) is 4.53. The largest absolute Gasteiger partial charge is 0.462 e. The number of nitrogens with one attached hydrogen (secondary N) is 3. The molecule has 3 aromatic rings. The summed E-state index contributed by atoms with van der Waals surface area (Å²) in [4.78, 5) is 14.9. The van der Waals surface area contributed by atoms with E-state index < -0.39 is 0 Å². The van der Waals surface area contributed by atoms with E-state index in [4.69, 9.17) is 28.6 Å². The summed E-state index contributed by atoms with van der Waals surface area (Å²) in [5.41, 5.74) is 3.57. The van der Waals surface area contributed by atoms with Gasteiger partial charge in [-0.15, -0.1) is 0 Å². The fraction of sp³-hybridized carbons (Fsp3) is 0.200. The topological polar surface area (TPSA) is 66.2 Å². The number of H-pyrrole nitrogens is 1. The van der Waals surface area contributed by atoms with E-state index in [-0.39, 0.29) is 5.97 Å². The molecule has 3 rings (SSSR count). The number of hydrogen-bond donors (Lipinski definition) is 3. The van der Waals surface area contributed by atoms with Gasteiger partial charge in [-0.2, -0.15) is 0 Å². The number of halogens is 1. The molecule has 1 aromatic heterocycles. The first-order valence-corrected chi connectivity index (χ1v) is 9.43. The summed E-state index contributed by atoms with van der Waals surface area (Å²) in [6, 6.07) is 12.8. The molecule has 27 heavy (non-hydrogen) atoms. The number of esters is 1. The molecule has 0 aliphatic carbocycles. The van der Waals surface area contributed by atoms with Crippen molar-refractivity contribution in [2.45, 2.75) is 13.3 Å². The van der Waals surface area contributed by atoms with Crippen molar-refractivity contribution in [1.82, 2.24) is 10.3 Å². The van der Waals surface area contributed by atoms with Gasteiger partial charge in [-0.3, -0.25) is 0 Å². The van der Waals surface area contributed by atoms with E-state index in [2.05, 4.69) is 15.6 Å². The van der Waals surface area contributed by atoms with E-state index in [1.165, 1.54) is 5.56 Å². The Hall–Kier alpha value is -2.57. The zero-order valence-corrected chi connectivity index (χ0v) is 16.4. The fourth-order valence-corrected chi connectivity index (χ4v) is 3.14. The summed E-state index contributed by atoms with van der Waals surface area (Å²) >= 11 is 11.4. The molecule has 0 amide bonds. The SMILES string of the molecule is CCOC(=O)c1ccc(NC(=S)NCCc2c[nH]c3ccc(Cl)cc23)cc1. The highest BCUT2D eigenvalue weighted by atomic mass is 35.5. The van der Waals surface area contributed by atoms with Crippen molar-refractivity contribution in [3.8, 4) is 0 Å². The molecule has 3 N–H and O–H groups in total. The second-order valence-electron chi connectivity index (χ2n) is 5.93. The molecule has 0 atom stereocenters. The highest BCUT2D eigenvalue weighted by Crippen LogP contribution is 2.22. The molecule has 0 spiro atoms. The molecule has 7 heteroatoms. The quantitative estimate of drug-likeness (QED) is 0.418. The summed E-state index contributed by atoms with van der Waals surface area (Å²) in [7, 11) is 0. The average Bonchev–Trinajstić information content (AvgIpc) is 3.05. The lowest BCUT2D eigenvalue weighted by Crippen LogP contribution is -2.30. The van der Waals surface area contributed by atoms with Crippen LogP contribution >= 0.6 is 23.8 Å². The number of rotatable bonds is 6. The molecule has 2 aromatic carbocycles. The van der Waals surface area contributed by atoms with Gasteiger partial charge in [0.25, 0.3) is 0 Å². The number of thiocarbonyl (C=S) groups is 1. The fourth-order valence-electron chi connectivity index (χ4n) is 2.75. The number of aromatic amines is 1. The van der Waals surface area contributed by atoms with Crippen molar-refractivity contribution in [1.29, 1.82) is 0 Å². The standard InChI is InChI=1S/C20H20ClN3O2S/c1-2-26-19(25)13-3-6-16(7-4-13)24-20(27)22-10-9-14-12-23-18-8-5-15(21)11-17(14)18/h3-8,11-12,23H,2,9-10H2,1H3,(H2,22,24,27). The Bertz CT molecular complexity index is 954. The number of fused-ring (bicyclic) bond motifs is 1. The van der Waals surface area contributed by atoms with Gasteiger partial charge in [0.1, 0.15) is 0 Å². The van der Waals surface area contributed by atoms with Crippen LogP contribution < -0.4 is 10.6 Å². The second kappa shape index (κ2) is 8.88. The van der Waals surface area contributed by atoms with Crippen LogP contribution in [0.5, 0.6) is 0 Å². The Morgan fingerprint density at radius 3 is 2.74 bits per heavy atom. The van der Waals surface area contributed by atoms with Crippen molar-refractivity contribution in [3.63, 3.8) is 0 Å². The Morgan fingerprint density at radius 2 is 2.00 bits per heavy atom. The predicted molar refractivity (Wildman–Crippen MR) is 114 cm³/mol. The van der Waals surface area contributed by atoms with E-state index in [0.29, 0.717) is 23.8 Å². The number of ether oxygens (including phenoxy) is 1. The maximum atomic E-state index is 11.7. The zero-order valence-electron chi connectivity index (χ0n) is 14.8. The highest BCUT2D eigenvalue weighted by molar-refractivity contribution is 7.80. The molecule has 0 saturated heterocycles. The van der Waals surface area contributed by atoms with Crippen LogP contribution in [0.4, 0.5) is 5.69 Å². The van der Waals surface area contributed by atoms with Crippen molar-refractivity contribution in [3.05, 3.63) is 64.8 Å². The molecular weight excluding hydrogens is 382 g/mol. The number of carbonyl (C=O) groups excluding carboxylic acids is 1. The number of benzene rings is 2. The minimum Gasteiger partial charge on any atom is -0.462 e. The van der Waals surface area contributed by atoms with Gasteiger partial charge in [-0.1, -0.05) is 11.6 Å². The van der Waals surface area contributed by atoms with E-state index in [1.807, 2.05) is 24.4 Å². The third kappa shape index (κ3) is 4.99. The van der Waals surface area contributed by atoms with Crippen molar-refractivity contribution >= 4 is 51.5 Å². The van der Waals surface area contributed by atoms with Crippen molar-refractivity contribution in [2.24, 2.45) is 0 Å². The zero-order chi connectivity index (χ0) is 19.2. The normalized spacial score (nSPS) is 10.6. The second-order valence-corrected chi connectivity index (χ2v) is 6.78. The molecule has 0 aliphatic rings. The molecule has 0 fully saturated rings. The molecule has 1 heterocycles.